The van der Waals surface area contributed by atoms with Gasteiger partial charge in [-0.15, -0.1) is 0 Å². The molecule has 0 amide bonds. The maximum absolute atomic E-state index is 12.6. The Balaban J connectivity index is 3.01. The van der Waals surface area contributed by atoms with Crippen LogP contribution >= 0.6 is 0 Å². The van der Waals surface area contributed by atoms with Crippen LogP contribution in [0.15, 0.2) is 16.9 Å². The summed E-state index contributed by atoms with van der Waals surface area (Å²) in [5, 5.41) is 0. The number of pyridine rings is 1. The third-order valence-corrected chi connectivity index (χ3v) is 1.30. The Kier molecular flexibility index (Phi) is 2.79. The van der Waals surface area contributed by atoms with Gasteiger partial charge in [0.05, 0.1) is 6.61 Å². The smallest absolute Gasteiger partial charge is 0.354 e. The van der Waals surface area contributed by atoms with Crippen molar-refractivity contribution >= 4 is 5.97 Å². The largest absolute Gasteiger partial charge is 0.461 e. The Morgan fingerprint density at radius 1 is 1.62 bits per heavy atom. The Hall–Kier alpha value is -1.65. The SMILES string of the molecule is CCOC(=O)c1cc(F)cc(=O)[nH]1. The average Bonchev–Trinajstić information content (AvgIpc) is 2.03. The quantitative estimate of drug-likeness (QED) is 0.689. The molecular weight excluding hydrogens is 177 g/mol. The van der Waals surface area contributed by atoms with E-state index in [4.69, 9.17) is 0 Å². The number of hydrogen-bond donors (Lipinski definition) is 1. The van der Waals surface area contributed by atoms with E-state index < -0.39 is 17.3 Å². The number of hydrogen-bond acceptors (Lipinski definition) is 3. The number of aromatic nitrogens is 1. The molecule has 13 heavy (non-hydrogen) atoms. The predicted molar refractivity (Wildman–Crippen MR) is 43.0 cm³/mol. The van der Waals surface area contributed by atoms with Gasteiger partial charge in [0.1, 0.15) is 11.5 Å². The summed E-state index contributed by atoms with van der Waals surface area (Å²) in [5.41, 5.74) is -0.838. The lowest BCUT2D eigenvalue weighted by molar-refractivity contribution is 0.0518. The van der Waals surface area contributed by atoms with E-state index in [0.717, 1.165) is 12.1 Å². The second kappa shape index (κ2) is 3.84. The number of carbonyl (C=O) groups is 1. The molecular formula is C8H8FNO3. The number of halogens is 1. The summed E-state index contributed by atoms with van der Waals surface area (Å²) >= 11 is 0. The molecule has 0 aliphatic rings. The molecule has 0 aliphatic carbocycles. The Labute approximate surface area is 73.3 Å². The van der Waals surface area contributed by atoms with E-state index in [-0.39, 0.29) is 12.3 Å². The molecule has 1 aromatic heterocycles. The molecule has 0 unspecified atom stereocenters. The van der Waals surface area contributed by atoms with Crippen LogP contribution in [-0.2, 0) is 4.74 Å². The minimum absolute atomic E-state index is 0.174. The second-order valence-electron chi connectivity index (χ2n) is 2.30. The molecule has 1 aromatic rings. The molecule has 0 saturated heterocycles. The molecule has 70 valence electrons. The van der Waals surface area contributed by atoms with Gasteiger partial charge in [0, 0.05) is 12.1 Å². The molecule has 0 aromatic carbocycles. The summed E-state index contributed by atoms with van der Waals surface area (Å²) in [6.45, 7) is 1.80. The third-order valence-electron chi connectivity index (χ3n) is 1.30. The first-order chi connectivity index (χ1) is 6.13. The zero-order valence-corrected chi connectivity index (χ0v) is 6.96. The minimum atomic E-state index is -0.758. The van der Waals surface area contributed by atoms with E-state index in [1.165, 1.54) is 0 Å². The highest BCUT2D eigenvalue weighted by Crippen LogP contribution is 1.98. The van der Waals surface area contributed by atoms with E-state index in [9.17, 15) is 14.0 Å². The lowest BCUT2D eigenvalue weighted by atomic mass is 10.3. The highest BCUT2D eigenvalue weighted by atomic mass is 19.1. The molecule has 0 fully saturated rings. The molecule has 5 heteroatoms. The van der Waals surface area contributed by atoms with Gasteiger partial charge in [0.2, 0.25) is 0 Å². The zero-order valence-electron chi connectivity index (χ0n) is 6.96. The summed E-state index contributed by atoms with van der Waals surface area (Å²) in [6.07, 6.45) is 0. The zero-order chi connectivity index (χ0) is 9.84. The fourth-order valence-electron chi connectivity index (χ4n) is 0.828. The van der Waals surface area contributed by atoms with Crippen LogP contribution < -0.4 is 5.56 Å². The predicted octanol–water partition coefficient (Wildman–Crippen LogP) is 0.691. The molecule has 4 nitrogen and oxygen atoms in total. The fourth-order valence-corrected chi connectivity index (χ4v) is 0.828. The number of nitrogens with one attached hydrogen (secondary N) is 1. The Morgan fingerprint density at radius 2 is 2.31 bits per heavy atom. The van der Waals surface area contributed by atoms with Gasteiger partial charge in [0.15, 0.2) is 0 Å². The van der Waals surface area contributed by atoms with Crippen molar-refractivity contribution in [2.45, 2.75) is 6.92 Å². The Morgan fingerprint density at radius 3 is 2.85 bits per heavy atom. The summed E-state index contributed by atoms with van der Waals surface area (Å²) in [5.74, 6) is -1.49. The van der Waals surface area contributed by atoms with Crippen LogP contribution in [-0.4, -0.2) is 17.6 Å². The normalized spacial score (nSPS) is 9.69. The van der Waals surface area contributed by atoms with Crippen molar-refractivity contribution in [2.75, 3.05) is 6.61 Å². The first-order valence-electron chi connectivity index (χ1n) is 3.70. The number of aromatic amines is 1. The van der Waals surface area contributed by atoms with Crippen LogP contribution in [0.25, 0.3) is 0 Å². The summed E-state index contributed by atoms with van der Waals surface area (Å²) < 4.78 is 17.2. The third kappa shape index (κ3) is 2.40. The minimum Gasteiger partial charge on any atom is -0.461 e. The van der Waals surface area contributed by atoms with Crippen LogP contribution in [0.5, 0.6) is 0 Å². The van der Waals surface area contributed by atoms with Gasteiger partial charge < -0.3 is 9.72 Å². The van der Waals surface area contributed by atoms with E-state index >= 15 is 0 Å². The van der Waals surface area contributed by atoms with Crippen molar-refractivity contribution < 1.29 is 13.9 Å². The van der Waals surface area contributed by atoms with Crippen LogP contribution in [0.3, 0.4) is 0 Å². The average molecular weight is 185 g/mol. The van der Waals surface area contributed by atoms with E-state index in [1.807, 2.05) is 0 Å². The fraction of sp³-hybridized carbons (Fsp3) is 0.250. The topological polar surface area (TPSA) is 59.2 Å². The molecule has 1 heterocycles. The maximum Gasteiger partial charge on any atom is 0.354 e. The maximum atomic E-state index is 12.6. The van der Waals surface area contributed by atoms with Crippen molar-refractivity contribution in [1.29, 1.82) is 0 Å². The lowest BCUT2D eigenvalue weighted by Gasteiger charge is -2.00. The lowest BCUT2D eigenvalue weighted by Crippen LogP contribution is -2.15. The summed E-state index contributed by atoms with van der Waals surface area (Å²) in [7, 11) is 0. The van der Waals surface area contributed by atoms with Gasteiger partial charge in [-0.2, -0.15) is 0 Å². The molecule has 0 aliphatic heterocycles. The van der Waals surface area contributed by atoms with E-state index in [2.05, 4.69) is 9.72 Å². The van der Waals surface area contributed by atoms with E-state index in [1.54, 1.807) is 6.92 Å². The van der Waals surface area contributed by atoms with Crippen LogP contribution in [0.2, 0.25) is 0 Å². The van der Waals surface area contributed by atoms with Crippen LogP contribution in [0, 0.1) is 5.82 Å². The number of H-pyrrole nitrogens is 1. The van der Waals surface area contributed by atoms with Crippen molar-refractivity contribution in [3.63, 3.8) is 0 Å². The summed E-state index contributed by atoms with van der Waals surface area (Å²) in [6, 6.07) is 1.67. The van der Waals surface area contributed by atoms with Crippen molar-refractivity contribution in [1.82, 2.24) is 4.98 Å². The molecule has 0 atom stereocenters. The van der Waals surface area contributed by atoms with Crippen molar-refractivity contribution in [3.05, 3.63) is 34.0 Å². The van der Waals surface area contributed by atoms with Crippen LogP contribution in [0.4, 0.5) is 4.39 Å². The number of ether oxygens (including phenoxy) is 1. The highest BCUT2D eigenvalue weighted by Gasteiger charge is 2.08. The molecule has 0 radical (unpaired) electrons. The van der Waals surface area contributed by atoms with Crippen molar-refractivity contribution in [2.24, 2.45) is 0 Å². The van der Waals surface area contributed by atoms with Crippen molar-refractivity contribution in [3.8, 4) is 0 Å². The van der Waals surface area contributed by atoms with E-state index in [0.29, 0.717) is 0 Å². The number of esters is 1. The highest BCUT2D eigenvalue weighted by molar-refractivity contribution is 5.87. The van der Waals surface area contributed by atoms with Gasteiger partial charge >= 0.3 is 5.97 Å². The van der Waals surface area contributed by atoms with Gasteiger partial charge in [-0.05, 0) is 6.92 Å². The Bertz CT molecular complexity index is 372. The van der Waals surface area contributed by atoms with Gasteiger partial charge in [-0.3, -0.25) is 4.79 Å². The molecule has 1 rings (SSSR count). The van der Waals surface area contributed by atoms with Gasteiger partial charge in [-0.25, -0.2) is 9.18 Å². The number of rotatable bonds is 2. The molecule has 0 spiro atoms. The molecule has 0 saturated carbocycles. The first kappa shape index (κ1) is 9.44. The van der Waals surface area contributed by atoms with Gasteiger partial charge in [0.25, 0.3) is 5.56 Å². The molecule has 1 N–H and O–H groups in total. The standard InChI is InChI=1S/C8H8FNO3/c1-2-13-8(12)6-3-5(9)4-7(11)10-6/h3-4H,2H2,1H3,(H,10,11). The monoisotopic (exact) mass is 185 g/mol. The second-order valence-corrected chi connectivity index (χ2v) is 2.30. The molecule has 0 bridgehead atoms. The summed E-state index contributed by atoms with van der Waals surface area (Å²) in [4.78, 5) is 23.9. The first-order valence-corrected chi connectivity index (χ1v) is 3.70. The van der Waals surface area contributed by atoms with Gasteiger partial charge in [-0.1, -0.05) is 0 Å². The number of carbonyl (C=O) groups excluding carboxylic acids is 1. The van der Waals surface area contributed by atoms with Crippen LogP contribution in [0.1, 0.15) is 17.4 Å².